The number of furan rings is 1. The van der Waals surface area contributed by atoms with Gasteiger partial charge in [-0.05, 0) is 31.0 Å². The number of nitrogens with two attached hydrogens (primary N) is 1. The van der Waals surface area contributed by atoms with Crippen LogP contribution in [-0.4, -0.2) is 6.04 Å². The Hall–Kier alpha value is -1.48. The minimum atomic E-state index is 0.686. The van der Waals surface area contributed by atoms with Gasteiger partial charge in [0.2, 0.25) is 0 Å². The van der Waals surface area contributed by atoms with E-state index in [4.69, 9.17) is 10.2 Å². The van der Waals surface area contributed by atoms with Gasteiger partial charge in [-0.3, -0.25) is 0 Å². The van der Waals surface area contributed by atoms with Gasteiger partial charge in [0.1, 0.15) is 11.3 Å². The van der Waals surface area contributed by atoms with E-state index in [2.05, 4.69) is 5.32 Å². The summed E-state index contributed by atoms with van der Waals surface area (Å²) in [5.74, 6) is 0.972. The number of hydrogen-bond donors (Lipinski definition) is 2. The monoisotopic (exact) mass is 216 g/mol. The molecule has 1 aromatic carbocycles. The summed E-state index contributed by atoms with van der Waals surface area (Å²) < 4.78 is 5.73. The Morgan fingerprint density at radius 3 is 2.94 bits per heavy atom. The maximum atomic E-state index is 5.88. The summed E-state index contributed by atoms with van der Waals surface area (Å²) in [6, 6.07) is 8.51. The molecule has 1 aliphatic carbocycles. The molecule has 1 aromatic heterocycles. The molecule has 0 amide bonds. The Morgan fingerprint density at radius 1 is 1.38 bits per heavy atom. The van der Waals surface area contributed by atoms with Crippen molar-refractivity contribution in [1.82, 2.24) is 5.32 Å². The Kier molecular flexibility index (Phi) is 2.33. The molecule has 0 saturated heterocycles. The molecule has 0 unspecified atom stereocenters. The second-order valence-electron chi connectivity index (χ2n) is 4.48. The van der Waals surface area contributed by atoms with Crippen LogP contribution in [0.3, 0.4) is 0 Å². The fourth-order valence-electron chi connectivity index (χ4n) is 2.08. The molecule has 16 heavy (non-hydrogen) atoms. The van der Waals surface area contributed by atoms with Gasteiger partial charge in [0, 0.05) is 17.1 Å². The molecule has 1 aliphatic rings. The van der Waals surface area contributed by atoms with Gasteiger partial charge >= 0.3 is 0 Å². The molecule has 84 valence electrons. The van der Waals surface area contributed by atoms with Crippen LogP contribution in [0, 0.1) is 0 Å². The molecule has 1 fully saturated rings. The van der Waals surface area contributed by atoms with Crippen LogP contribution in [0.1, 0.15) is 25.0 Å². The lowest BCUT2D eigenvalue weighted by Gasteiger charge is -2.25. The van der Waals surface area contributed by atoms with Crippen LogP contribution in [0.15, 0.2) is 28.7 Å². The molecule has 0 atom stereocenters. The summed E-state index contributed by atoms with van der Waals surface area (Å²) in [7, 11) is 0. The average molecular weight is 216 g/mol. The normalized spacial score (nSPS) is 16.5. The van der Waals surface area contributed by atoms with E-state index in [0.717, 1.165) is 29.0 Å². The van der Waals surface area contributed by atoms with Crippen molar-refractivity contribution >= 4 is 16.7 Å². The number of benzene rings is 1. The predicted molar refractivity (Wildman–Crippen MR) is 65.1 cm³/mol. The molecule has 0 bridgehead atoms. The molecule has 0 radical (unpaired) electrons. The Labute approximate surface area is 94.6 Å². The fraction of sp³-hybridized carbons (Fsp3) is 0.385. The summed E-state index contributed by atoms with van der Waals surface area (Å²) in [4.78, 5) is 0. The van der Waals surface area contributed by atoms with E-state index in [0.29, 0.717) is 6.04 Å². The minimum Gasteiger partial charge on any atom is -0.460 e. The lowest BCUT2D eigenvalue weighted by molar-refractivity contribution is 0.327. The van der Waals surface area contributed by atoms with Crippen molar-refractivity contribution in [3.63, 3.8) is 0 Å². The van der Waals surface area contributed by atoms with Gasteiger partial charge < -0.3 is 15.5 Å². The van der Waals surface area contributed by atoms with Crippen molar-refractivity contribution in [3.05, 3.63) is 30.0 Å². The van der Waals surface area contributed by atoms with E-state index in [-0.39, 0.29) is 0 Å². The minimum absolute atomic E-state index is 0.686. The van der Waals surface area contributed by atoms with E-state index >= 15 is 0 Å². The number of fused-ring (bicyclic) bond motifs is 1. The van der Waals surface area contributed by atoms with E-state index in [1.165, 1.54) is 19.3 Å². The number of hydrogen-bond acceptors (Lipinski definition) is 3. The smallest absolute Gasteiger partial charge is 0.136 e. The molecule has 0 aliphatic heterocycles. The maximum Gasteiger partial charge on any atom is 0.136 e. The van der Waals surface area contributed by atoms with Crippen LogP contribution in [-0.2, 0) is 6.54 Å². The topological polar surface area (TPSA) is 51.2 Å². The largest absolute Gasteiger partial charge is 0.460 e. The van der Waals surface area contributed by atoms with E-state index in [9.17, 15) is 0 Å². The molecular weight excluding hydrogens is 200 g/mol. The molecule has 3 rings (SSSR count). The van der Waals surface area contributed by atoms with Crippen molar-refractivity contribution < 1.29 is 4.42 Å². The Bertz CT molecular complexity index is 500. The highest BCUT2D eigenvalue weighted by Gasteiger charge is 2.17. The third-order valence-corrected chi connectivity index (χ3v) is 3.32. The van der Waals surface area contributed by atoms with Gasteiger partial charge in [-0.1, -0.05) is 12.5 Å². The van der Waals surface area contributed by atoms with Crippen molar-refractivity contribution in [2.24, 2.45) is 0 Å². The van der Waals surface area contributed by atoms with Crippen molar-refractivity contribution in [3.8, 4) is 0 Å². The van der Waals surface area contributed by atoms with Crippen LogP contribution in [0.25, 0.3) is 11.0 Å². The van der Waals surface area contributed by atoms with Crippen LogP contribution >= 0.6 is 0 Å². The fourth-order valence-corrected chi connectivity index (χ4v) is 2.08. The SMILES string of the molecule is Nc1cccc2oc(CNC3CCC3)cc12. The molecule has 1 saturated carbocycles. The van der Waals surface area contributed by atoms with Gasteiger partial charge in [-0.15, -0.1) is 0 Å². The van der Waals surface area contributed by atoms with Crippen LogP contribution < -0.4 is 11.1 Å². The van der Waals surface area contributed by atoms with Gasteiger partial charge in [-0.25, -0.2) is 0 Å². The van der Waals surface area contributed by atoms with Crippen molar-refractivity contribution in [2.45, 2.75) is 31.8 Å². The summed E-state index contributed by atoms with van der Waals surface area (Å²) in [5, 5.41) is 4.50. The zero-order valence-electron chi connectivity index (χ0n) is 9.20. The summed E-state index contributed by atoms with van der Waals surface area (Å²) in [6.07, 6.45) is 3.94. The highest BCUT2D eigenvalue weighted by molar-refractivity contribution is 5.89. The van der Waals surface area contributed by atoms with Crippen LogP contribution in [0.4, 0.5) is 5.69 Å². The van der Waals surface area contributed by atoms with Gasteiger partial charge in [0.15, 0.2) is 0 Å². The van der Waals surface area contributed by atoms with Crippen molar-refractivity contribution in [1.29, 1.82) is 0 Å². The third-order valence-electron chi connectivity index (χ3n) is 3.32. The highest BCUT2D eigenvalue weighted by Crippen LogP contribution is 2.25. The third kappa shape index (κ3) is 1.67. The zero-order chi connectivity index (χ0) is 11.0. The van der Waals surface area contributed by atoms with Gasteiger partial charge in [0.05, 0.1) is 6.54 Å². The number of nitrogens with one attached hydrogen (secondary N) is 1. The summed E-state index contributed by atoms with van der Waals surface area (Å²) in [5.41, 5.74) is 7.55. The molecule has 3 heteroatoms. The molecule has 3 nitrogen and oxygen atoms in total. The predicted octanol–water partition coefficient (Wildman–Crippen LogP) is 2.66. The Balaban J connectivity index is 1.79. The standard InChI is InChI=1S/C13H16N2O/c14-12-5-2-6-13-11(12)7-10(16-13)8-15-9-3-1-4-9/h2,5-7,9,15H,1,3-4,8,14H2. The quantitative estimate of drug-likeness (QED) is 0.775. The van der Waals surface area contributed by atoms with Crippen molar-refractivity contribution in [2.75, 3.05) is 5.73 Å². The molecule has 0 spiro atoms. The van der Waals surface area contributed by atoms with E-state index < -0.39 is 0 Å². The highest BCUT2D eigenvalue weighted by atomic mass is 16.3. The maximum absolute atomic E-state index is 5.88. The first kappa shape index (κ1) is 9.73. The number of anilines is 1. The summed E-state index contributed by atoms with van der Waals surface area (Å²) >= 11 is 0. The molecule has 1 heterocycles. The number of nitrogen functional groups attached to an aromatic ring is 1. The number of rotatable bonds is 3. The van der Waals surface area contributed by atoms with Crippen LogP contribution in [0.2, 0.25) is 0 Å². The molecule has 3 N–H and O–H groups in total. The first-order valence-electron chi connectivity index (χ1n) is 5.83. The molecule has 2 aromatic rings. The van der Waals surface area contributed by atoms with Crippen LogP contribution in [0.5, 0.6) is 0 Å². The lowest BCUT2D eigenvalue weighted by Crippen LogP contribution is -2.34. The summed E-state index contributed by atoms with van der Waals surface area (Å²) in [6.45, 7) is 0.804. The molecular formula is C13H16N2O. The second-order valence-corrected chi connectivity index (χ2v) is 4.48. The van der Waals surface area contributed by atoms with Gasteiger partial charge in [0.25, 0.3) is 0 Å². The lowest BCUT2D eigenvalue weighted by atomic mass is 9.93. The average Bonchev–Trinajstić information content (AvgIpc) is 2.60. The first-order chi connectivity index (χ1) is 7.83. The van der Waals surface area contributed by atoms with Gasteiger partial charge in [-0.2, -0.15) is 0 Å². The Morgan fingerprint density at radius 2 is 2.25 bits per heavy atom. The zero-order valence-corrected chi connectivity index (χ0v) is 9.20. The van der Waals surface area contributed by atoms with E-state index in [1.807, 2.05) is 24.3 Å². The second kappa shape index (κ2) is 3.83. The first-order valence-corrected chi connectivity index (χ1v) is 5.83. The van der Waals surface area contributed by atoms with E-state index in [1.54, 1.807) is 0 Å².